The highest BCUT2D eigenvalue weighted by Gasteiger charge is 2.15. The quantitative estimate of drug-likeness (QED) is 0.776. The Morgan fingerprint density at radius 3 is 2.85 bits per heavy atom. The second-order valence-electron chi connectivity index (χ2n) is 4.20. The van der Waals surface area contributed by atoms with Crippen LogP contribution < -0.4 is 5.73 Å². The van der Waals surface area contributed by atoms with Crippen LogP contribution in [0.25, 0.3) is 22.5 Å². The fraction of sp³-hybridized carbons (Fsp3) is 0.0769. The van der Waals surface area contributed by atoms with Crippen LogP contribution in [0.1, 0.15) is 5.56 Å². The number of thiazole rings is 1. The van der Waals surface area contributed by atoms with Gasteiger partial charge in [-0.05, 0) is 6.07 Å². The molecule has 7 heteroatoms. The van der Waals surface area contributed by atoms with E-state index in [9.17, 15) is 5.26 Å². The molecule has 0 saturated heterocycles. The van der Waals surface area contributed by atoms with Gasteiger partial charge < -0.3 is 5.73 Å². The van der Waals surface area contributed by atoms with Crippen LogP contribution in [-0.4, -0.2) is 19.7 Å². The first-order valence-corrected chi connectivity index (χ1v) is 6.71. The summed E-state index contributed by atoms with van der Waals surface area (Å²) >= 11 is 1.47. The summed E-state index contributed by atoms with van der Waals surface area (Å²) in [5.74, 6) is 0.205. The van der Waals surface area contributed by atoms with Gasteiger partial charge in [0, 0.05) is 29.8 Å². The molecule has 98 valence electrons. The molecule has 3 rings (SSSR count). The number of nitrogens with zero attached hydrogens (tertiary/aromatic N) is 5. The van der Waals surface area contributed by atoms with E-state index in [-0.39, 0.29) is 5.82 Å². The first-order chi connectivity index (χ1) is 9.69. The van der Waals surface area contributed by atoms with E-state index >= 15 is 0 Å². The minimum Gasteiger partial charge on any atom is -0.383 e. The third-order valence-corrected chi connectivity index (χ3v) is 3.45. The maximum Gasteiger partial charge on any atom is 0.142 e. The lowest BCUT2D eigenvalue weighted by atomic mass is 10.0. The minimum absolute atomic E-state index is 0.205. The zero-order chi connectivity index (χ0) is 14.1. The minimum atomic E-state index is 0.205. The van der Waals surface area contributed by atoms with E-state index in [1.807, 2.05) is 24.7 Å². The van der Waals surface area contributed by atoms with Crippen molar-refractivity contribution >= 4 is 17.2 Å². The van der Waals surface area contributed by atoms with Crippen molar-refractivity contribution in [3.63, 3.8) is 0 Å². The number of rotatable bonds is 2. The Morgan fingerprint density at radius 2 is 2.25 bits per heavy atom. The molecule has 0 radical (unpaired) electrons. The van der Waals surface area contributed by atoms with Gasteiger partial charge in [-0.1, -0.05) is 0 Å². The lowest BCUT2D eigenvalue weighted by Gasteiger charge is -2.06. The van der Waals surface area contributed by atoms with Gasteiger partial charge in [0.2, 0.25) is 0 Å². The van der Waals surface area contributed by atoms with Crippen LogP contribution in [0.5, 0.6) is 0 Å². The lowest BCUT2D eigenvalue weighted by molar-refractivity contribution is 0.768. The molecule has 0 bridgehead atoms. The number of nitrogen functional groups attached to an aromatic ring is 1. The fourth-order valence-corrected chi connectivity index (χ4v) is 2.48. The third kappa shape index (κ3) is 2.02. The lowest BCUT2D eigenvalue weighted by Crippen LogP contribution is -1.99. The Kier molecular flexibility index (Phi) is 2.93. The molecule has 0 aromatic carbocycles. The molecule has 6 nitrogen and oxygen atoms in total. The maximum atomic E-state index is 9.25. The van der Waals surface area contributed by atoms with Gasteiger partial charge in [-0.3, -0.25) is 4.68 Å². The number of pyridine rings is 1. The molecule has 0 atom stereocenters. The van der Waals surface area contributed by atoms with E-state index in [2.05, 4.69) is 21.1 Å². The van der Waals surface area contributed by atoms with E-state index in [1.54, 1.807) is 16.4 Å². The van der Waals surface area contributed by atoms with Gasteiger partial charge in [0.1, 0.15) is 17.5 Å². The topological polar surface area (TPSA) is 93.4 Å². The van der Waals surface area contributed by atoms with Gasteiger partial charge in [0.25, 0.3) is 0 Å². The van der Waals surface area contributed by atoms with Gasteiger partial charge >= 0.3 is 0 Å². The number of hydrogen-bond donors (Lipinski definition) is 1. The van der Waals surface area contributed by atoms with Crippen molar-refractivity contribution in [3.05, 3.63) is 34.9 Å². The molecule has 0 fully saturated rings. The van der Waals surface area contributed by atoms with Crippen molar-refractivity contribution in [3.8, 4) is 28.6 Å². The highest BCUT2D eigenvalue weighted by Crippen LogP contribution is 2.30. The van der Waals surface area contributed by atoms with Gasteiger partial charge in [-0.15, -0.1) is 11.3 Å². The summed E-state index contributed by atoms with van der Waals surface area (Å²) in [6.07, 6.45) is 3.55. The van der Waals surface area contributed by atoms with Crippen LogP contribution in [0.4, 0.5) is 5.82 Å². The van der Waals surface area contributed by atoms with E-state index in [4.69, 9.17) is 5.73 Å². The molecule has 0 aliphatic carbocycles. The summed E-state index contributed by atoms with van der Waals surface area (Å²) in [6, 6.07) is 3.91. The number of aryl methyl sites for hydroxylation is 1. The molecule has 3 aromatic heterocycles. The number of anilines is 1. The first kappa shape index (κ1) is 12.3. The van der Waals surface area contributed by atoms with E-state index < -0.39 is 0 Å². The highest BCUT2D eigenvalue weighted by atomic mass is 32.1. The normalized spacial score (nSPS) is 10.4. The number of aromatic nitrogens is 4. The van der Waals surface area contributed by atoms with Gasteiger partial charge in [-0.25, -0.2) is 9.97 Å². The predicted octanol–water partition coefficient (Wildman–Crippen LogP) is 2.06. The highest BCUT2D eigenvalue weighted by molar-refractivity contribution is 7.07. The summed E-state index contributed by atoms with van der Waals surface area (Å²) in [6.45, 7) is 0. The zero-order valence-electron chi connectivity index (χ0n) is 10.6. The molecular formula is C13H10N6S. The van der Waals surface area contributed by atoms with Crippen molar-refractivity contribution in [2.45, 2.75) is 0 Å². The summed E-state index contributed by atoms with van der Waals surface area (Å²) in [4.78, 5) is 8.52. The van der Waals surface area contributed by atoms with E-state index in [1.165, 1.54) is 11.3 Å². The molecule has 0 amide bonds. The Hall–Kier alpha value is -2.72. The van der Waals surface area contributed by atoms with Gasteiger partial charge in [0.15, 0.2) is 0 Å². The van der Waals surface area contributed by atoms with Crippen LogP contribution in [0.15, 0.2) is 29.4 Å². The van der Waals surface area contributed by atoms with Crippen molar-refractivity contribution in [1.82, 2.24) is 19.7 Å². The first-order valence-electron chi connectivity index (χ1n) is 5.77. The SMILES string of the molecule is Cn1cc(-c2cc(-c3cscn3)c(C#N)c(N)n2)cn1. The summed E-state index contributed by atoms with van der Waals surface area (Å²) in [5.41, 5.74) is 10.9. The molecule has 3 heterocycles. The number of nitrogens with two attached hydrogens (primary N) is 1. The molecule has 3 aromatic rings. The summed E-state index contributed by atoms with van der Waals surface area (Å²) in [5, 5.41) is 15.2. The Bertz CT molecular complexity index is 797. The van der Waals surface area contributed by atoms with Gasteiger partial charge in [-0.2, -0.15) is 10.4 Å². The maximum absolute atomic E-state index is 9.25. The van der Waals surface area contributed by atoms with Crippen LogP contribution in [0.3, 0.4) is 0 Å². The van der Waals surface area contributed by atoms with Gasteiger partial charge in [0.05, 0.1) is 23.1 Å². The predicted molar refractivity (Wildman–Crippen MR) is 76.7 cm³/mol. The van der Waals surface area contributed by atoms with Crippen molar-refractivity contribution in [2.75, 3.05) is 5.73 Å². The Balaban J connectivity index is 2.23. The largest absolute Gasteiger partial charge is 0.383 e. The summed E-state index contributed by atoms with van der Waals surface area (Å²) in [7, 11) is 1.83. The third-order valence-electron chi connectivity index (χ3n) is 2.87. The molecule has 20 heavy (non-hydrogen) atoms. The molecule has 0 saturated carbocycles. The molecule has 2 N–H and O–H groups in total. The van der Waals surface area contributed by atoms with Crippen molar-refractivity contribution < 1.29 is 0 Å². The Labute approximate surface area is 119 Å². The average Bonchev–Trinajstić information content (AvgIpc) is 3.08. The number of nitriles is 1. The zero-order valence-corrected chi connectivity index (χ0v) is 11.4. The second-order valence-corrected chi connectivity index (χ2v) is 4.92. The Morgan fingerprint density at radius 1 is 1.40 bits per heavy atom. The molecular weight excluding hydrogens is 272 g/mol. The second kappa shape index (κ2) is 4.75. The van der Waals surface area contributed by atoms with E-state index in [0.29, 0.717) is 16.8 Å². The summed E-state index contributed by atoms with van der Waals surface area (Å²) < 4.78 is 1.69. The monoisotopic (exact) mass is 282 g/mol. The number of hydrogen-bond acceptors (Lipinski definition) is 6. The van der Waals surface area contributed by atoms with Crippen LogP contribution in [0.2, 0.25) is 0 Å². The van der Waals surface area contributed by atoms with Crippen LogP contribution >= 0.6 is 11.3 Å². The fourth-order valence-electron chi connectivity index (χ4n) is 1.93. The van der Waals surface area contributed by atoms with Crippen molar-refractivity contribution in [1.29, 1.82) is 5.26 Å². The molecule has 0 unspecified atom stereocenters. The van der Waals surface area contributed by atoms with Crippen molar-refractivity contribution in [2.24, 2.45) is 7.05 Å². The van der Waals surface area contributed by atoms with Crippen LogP contribution in [0, 0.1) is 11.3 Å². The van der Waals surface area contributed by atoms with Crippen LogP contribution in [-0.2, 0) is 7.05 Å². The standard InChI is InChI=1S/C13H10N6S/c1-19-5-8(4-17-19)11-2-9(12-6-20-7-16-12)10(3-14)13(15)18-11/h2,4-7H,1H3,(H2,15,18). The average molecular weight is 282 g/mol. The van der Waals surface area contributed by atoms with E-state index in [0.717, 1.165) is 11.3 Å². The molecule has 0 aliphatic heterocycles. The smallest absolute Gasteiger partial charge is 0.142 e. The molecule has 0 aliphatic rings. The molecule has 0 spiro atoms.